The number of nitrogens with zero attached hydrogens (tertiary/aromatic N) is 2. The Balaban J connectivity index is 1.74. The first-order chi connectivity index (χ1) is 12.8. The number of benzene rings is 2. The number of aromatic nitrogens is 2. The van der Waals surface area contributed by atoms with Crippen molar-refractivity contribution in [3.63, 3.8) is 0 Å². The maximum Gasteiger partial charge on any atom is 0.387 e. The Bertz CT molecular complexity index is 980. The number of halogens is 3. The van der Waals surface area contributed by atoms with E-state index >= 15 is 0 Å². The summed E-state index contributed by atoms with van der Waals surface area (Å²) in [5, 5.41) is 3.33. The van der Waals surface area contributed by atoms with Gasteiger partial charge in [0.1, 0.15) is 5.75 Å². The Morgan fingerprint density at radius 2 is 2.04 bits per heavy atom. The smallest absolute Gasteiger partial charge is 0.387 e. The largest absolute Gasteiger partial charge is 0.433 e. The van der Waals surface area contributed by atoms with Crippen molar-refractivity contribution >= 4 is 46.0 Å². The lowest BCUT2D eigenvalue weighted by atomic mass is 10.3. The molecule has 2 aromatic carbocycles. The molecule has 0 aliphatic heterocycles. The van der Waals surface area contributed by atoms with Gasteiger partial charge in [-0.3, -0.25) is 4.79 Å². The normalized spacial score (nSPS) is 12.4. The van der Waals surface area contributed by atoms with Gasteiger partial charge in [-0.2, -0.15) is 8.78 Å². The van der Waals surface area contributed by atoms with Crippen molar-refractivity contribution < 1.29 is 18.3 Å². The van der Waals surface area contributed by atoms with Crippen LogP contribution in [-0.2, 0) is 11.8 Å². The number of aryl methyl sites for hydroxylation is 1. The molecule has 0 saturated heterocycles. The summed E-state index contributed by atoms with van der Waals surface area (Å²) in [4.78, 5) is 17.0. The van der Waals surface area contributed by atoms with Gasteiger partial charge in [0.05, 0.1) is 22.0 Å². The first kappa shape index (κ1) is 19.4. The van der Waals surface area contributed by atoms with Crippen LogP contribution in [0, 0.1) is 0 Å². The summed E-state index contributed by atoms with van der Waals surface area (Å²) in [6, 6.07) is 11.4. The van der Waals surface area contributed by atoms with Gasteiger partial charge < -0.3 is 14.6 Å². The van der Waals surface area contributed by atoms with Crippen LogP contribution in [-0.4, -0.2) is 27.3 Å². The topological polar surface area (TPSA) is 56.2 Å². The Morgan fingerprint density at radius 1 is 1.30 bits per heavy atom. The number of fused-ring (bicyclic) bond motifs is 1. The molecule has 0 spiro atoms. The van der Waals surface area contributed by atoms with E-state index in [0.29, 0.717) is 10.2 Å². The molecule has 0 fully saturated rings. The standard InChI is InChI=1S/C18H16ClF2N3O2S/c1-10(16(25)22-12-5-3-4-6-15(12)26-17(20)21)27-18-23-13-9-11(19)7-8-14(13)24(18)2/h3-10,17H,1-2H3,(H,22,25). The van der Waals surface area contributed by atoms with Crippen molar-refractivity contribution in [2.45, 2.75) is 23.9 Å². The highest BCUT2D eigenvalue weighted by Crippen LogP contribution is 2.30. The predicted octanol–water partition coefficient (Wildman–Crippen LogP) is 4.95. The van der Waals surface area contributed by atoms with E-state index in [1.807, 2.05) is 17.7 Å². The van der Waals surface area contributed by atoms with Gasteiger partial charge >= 0.3 is 6.61 Å². The molecule has 3 rings (SSSR count). The first-order valence-corrected chi connectivity index (χ1v) is 9.24. The average molecular weight is 412 g/mol. The highest BCUT2D eigenvalue weighted by Gasteiger charge is 2.20. The van der Waals surface area contributed by atoms with Crippen LogP contribution in [0.25, 0.3) is 11.0 Å². The number of nitrogens with one attached hydrogen (secondary N) is 1. The van der Waals surface area contributed by atoms with Crippen LogP contribution < -0.4 is 10.1 Å². The van der Waals surface area contributed by atoms with Crippen LogP contribution in [0.3, 0.4) is 0 Å². The molecule has 1 aromatic heterocycles. The quantitative estimate of drug-likeness (QED) is 0.583. The summed E-state index contributed by atoms with van der Waals surface area (Å²) in [5.74, 6) is -0.439. The number of hydrogen-bond donors (Lipinski definition) is 1. The number of ether oxygens (including phenoxy) is 1. The summed E-state index contributed by atoms with van der Waals surface area (Å²) >= 11 is 7.25. The predicted molar refractivity (Wildman–Crippen MR) is 103 cm³/mol. The number of carbonyl (C=O) groups is 1. The molecular formula is C18H16ClF2N3O2S. The van der Waals surface area contributed by atoms with E-state index in [9.17, 15) is 13.6 Å². The van der Waals surface area contributed by atoms with E-state index in [2.05, 4.69) is 15.0 Å². The van der Waals surface area contributed by atoms with Gasteiger partial charge in [0, 0.05) is 12.1 Å². The lowest BCUT2D eigenvalue weighted by Crippen LogP contribution is -2.23. The first-order valence-electron chi connectivity index (χ1n) is 7.98. The summed E-state index contributed by atoms with van der Waals surface area (Å²) in [6.45, 7) is -1.26. The molecule has 0 aliphatic carbocycles. The highest BCUT2D eigenvalue weighted by atomic mass is 35.5. The van der Waals surface area contributed by atoms with Crippen molar-refractivity contribution in [2.24, 2.45) is 7.05 Å². The number of rotatable bonds is 6. The van der Waals surface area contributed by atoms with Crippen LogP contribution in [0.2, 0.25) is 5.02 Å². The number of carbonyl (C=O) groups excluding carboxylic acids is 1. The number of anilines is 1. The molecule has 3 aromatic rings. The second-order valence-corrected chi connectivity index (χ2v) is 7.45. The Morgan fingerprint density at radius 3 is 2.78 bits per heavy atom. The molecule has 1 atom stereocenters. The fourth-order valence-corrected chi connectivity index (χ4v) is 3.53. The molecular weight excluding hydrogens is 396 g/mol. The fourth-order valence-electron chi connectivity index (χ4n) is 2.47. The molecule has 5 nitrogen and oxygen atoms in total. The molecule has 1 unspecified atom stereocenters. The summed E-state index contributed by atoms with van der Waals surface area (Å²) in [7, 11) is 1.85. The molecule has 0 saturated carbocycles. The zero-order chi connectivity index (χ0) is 19.6. The Kier molecular flexibility index (Phi) is 5.86. The van der Waals surface area contributed by atoms with Gasteiger partial charge in [0.2, 0.25) is 5.91 Å². The number of hydrogen-bond acceptors (Lipinski definition) is 4. The minimum Gasteiger partial charge on any atom is -0.433 e. The molecule has 0 aliphatic rings. The molecule has 142 valence electrons. The minimum absolute atomic E-state index is 0.0876. The zero-order valence-corrected chi connectivity index (χ0v) is 16.0. The van der Waals surface area contributed by atoms with Gasteiger partial charge in [-0.05, 0) is 37.3 Å². The summed E-state index contributed by atoms with van der Waals surface area (Å²) < 4.78 is 31.3. The Hall–Kier alpha value is -2.32. The number of alkyl halides is 2. The summed E-state index contributed by atoms with van der Waals surface area (Å²) in [6.07, 6.45) is 0. The molecule has 1 amide bonds. The zero-order valence-electron chi connectivity index (χ0n) is 14.4. The van der Waals surface area contributed by atoms with Crippen molar-refractivity contribution in [1.82, 2.24) is 9.55 Å². The van der Waals surface area contributed by atoms with Crippen LogP contribution in [0.1, 0.15) is 6.92 Å². The highest BCUT2D eigenvalue weighted by molar-refractivity contribution is 8.00. The van der Waals surface area contributed by atoms with Crippen LogP contribution in [0.4, 0.5) is 14.5 Å². The van der Waals surface area contributed by atoms with Crippen molar-refractivity contribution in [1.29, 1.82) is 0 Å². The van der Waals surface area contributed by atoms with Crippen molar-refractivity contribution in [3.8, 4) is 5.75 Å². The van der Waals surface area contributed by atoms with Gasteiger partial charge in [0.25, 0.3) is 0 Å². The van der Waals surface area contributed by atoms with Crippen LogP contribution in [0.15, 0.2) is 47.6 Å². The molecule has 0 radical (unpaired) electrons. The fraction of sp³-hybridized carbons (Fsp3) is 0.222. The van der Waals surface area contributed by atoms with Gasteiger partial charge in [-0.25, -0.2) is 4.98 Å². The van der Waals surface area contributed by atoms with Crippen LogP contribution >= 0.6 is 23.4 Å². The van der Waals surface area contributed by atoms with E-state index in [-0.39, 0.29) is 17.3 Å². The molecule has 1 heterocycles. The minimum atomic E-state index is -2.97. The third kappa shape index (κ3) is 4.51. The maximum absolute atomic E-state index is 12.5. The average Bonchev–Trinajstić information content (AvgIpc) is 2.91. The molecule has 27 heavy (non-hydrogen) atoms. The second kappa shape index (κ2) is 8.14. The van der Waals surface area contributed by atoms with Gasteiger partial charge in [0.15, 0.2) is 5.16 Å². The summed E-state index contributed by atoms with van der Waals surface area (Å²) in [5.41, 5.74) is 1.81. The lowest BCUT2D eigenvalue weighted by molar-refractivity contribution is -0.115. The monoisotopic (exact) mass is 411 g/mol. The van der Waals surface area contributed by atoms with E-state index in [0.717, 1.165) is 11.0 Å². The van der Waals surface area contributed by atoms with E-state index in [1.165, 1.54) is 23.9 Å². The lowest BCUT2D eigenvalue weighted by Gasteiger charge is -2.14. The van der Waals surface area contributed by atoms with E-state index < -0.39 is 11.9 Å². The van der Waals surface area contributed by atoms with Gasteiger partial charge in [-0.15, -0.1) is 0 Å². The molecule has 1 N–H and O–H groups in total. The third-order valence-electron chi connectivity index (χ3n) is 3.81. The number of para-hydroxylation sites is 2. The third-order valence-corrected chi connectivity index (χ3v) is 5.19. The number of thioether (sulfide) groups is 1. The second-order valence-electron chi connectivity index (χ2n) is 5.71. The van der Waals surface area contributed by atoms with Crippen molar-refractivity contribution in [2.75, 3.05) is 5.32 Å². The number of imidazole rings is 1. The maximum atomic E-state index is 12.5. The van der Waals surface area contributed by atoms with Crippen LogP contribution in [0.5, 0.6) is 5.75 Å². The Labute approximate surface area is 163 Å². The van der Waals surface area contributed by atoms with E-state index in [1.54, 1.807) is 31.2 Å². The van der Waals surface area contributed by atoms with Gasteiger partial charge in [-0.1, -0.05) is 35.5 Å². The SMILES string of the molecule is CC(Sc1nc2cc(Cl)ccc2n1C)C(=O)Nc1ccccc1OC(F)F. The molecule has 9 heteroatoms. The van der Waals surface area contributed by atoms with E-state index in [4.69, 9.17) is 11.6 Å². The van der Waals surface area contributed by atoms with Crippen molar-refractivity contribution in [3.05, 3.63) is 47.5 Å². The molecule has 0 bridgehead atoms. The number of amides is 1.